The van der Waals surface area contributed by atoms with Gasteiger partial charge in [-0.3, -0.25) is 9.59 Å². The molecule has 2 N–H and O–H groups in total. The van der Waals surface area contributed by atoms with Gasteiger partial charge in [-0.2, -0.15) is 0 Å². The molecular formula is C15H19NO5. The molecule has 0 aliphatic rings. The number of rotatable bonds is 6. The number of nitrogens with one attached hydrogen (secondary N) is 1. The zero-order valence-corrected chi connectivity index (χ0v) is 12.3. The molecule has 21 heavy (non-hydrogen) atoms. The van der Waals surface area contributed by atoms with Crippen LogP contribution >= 0.6 is 0 Å². The number of ether oxygens (including phenoxy) is 1. The number of aliphatic carboxylic acids is 1. The summed E-state index contributed by atoms with van der Waals surface area (Å²) in [5, 5.41) is 11.6. The summed E-state index contributed by atoms with van der Waals surface area (Å²) in [5.74, 6) is -1.70. The van der Waals surface area contributed by atoms with Gasteiger partial charge in [0.1, 0.15) is 11.8 Å². The van der Waals surface area contributed by atoms with Gasteiger partial charge in [-0.05, 0) is 30.5 Å². The third kappa shape index (κ3) is 5.64. The molecule has 0 fully saturated rings. The molecule has 1 aromatic carbocycles. The predicted octanol–water partition coefficient (Wildman–Crippen LogP) is 1.84. The summed E-state index contributed by atoms with van der Waals surface area (Å²) in [7, 11) is 0. The third-order valence-corrected chi connectivity index (χ3v) is 2.67. The second-order valence-electron chi connectivity index (χ2n) is 5.12. The SMILES string of the molecule is CC(=O)Oc1cccc(C(=O)N[C@H](CC(C)C)C(=O)O)c1. The molecular weight excluding hydrogens is 274 g/mol. The maximum Gasteiger partial charge on any atom is 0.326 e. The van der Waals surface area contributed by atoms with Gasteiger partial charge < -0.3 is 15.2 Å². The highest BCUT2D eigenvalue weighted by molar-refractivity contribution is 5.97. The van der Waals surface area contributed by atoms with Crippen molar-refractivity contribution in [2.45, 2.75) is 33.2 Å². The van der Waals surface area contributed by atoms with Crippen LogP contribution < -0.4 is 10.1 Å². The van der Waals surface area contributed by atoms with Crippen molar-refractivity contribution >= 4 is 17.8 Å². The van der Waals surface area contributed by atoms with E-state index in [0.29, 0.717) is 6.42 Å². The van der Waals surface area contributed by atoms with E-state index in [0.717, 1.165) is 0 Å². The first-order chi connectivity index (χ1) is 9.79. The number of carboxylic acid groups (broad SMARTS) is 1. The molecule has 0 spiro atoms. The van der Waals surface area contributed by atoms with Gasteiger partial charge in [0.05, 0.1) is 0 Å². The van der Waals surface area contributed by atoms with Crippen LogP contribution in [0.1, 0.15) is 37.6 Å². The Bertz CT molecular complexity index is 539. The van der Waals surface area contributed by atoms with Crippen LogP contribution in [-0.4, -0.2) is 29.0 Å². The number of benzene rings is 1. The molecule has 0 aliphatic carbocycles. The normalized spacial score (nSPS) is 11.8. The Balaban J connectivity index is 2.82. The fourth-order valence-electron chi connectivity index (χ4n) is 1.80. The van der Waals surface area contributed by atoms with Crippen molar-refractivity contribution < 1.29 is 24.2 Å². The van der Waals surface area contributed by atoms with E-state index in [1.807, 2.05) is 13.8 Å². The average molecular weight is 293 g/mol. The lowest BCUT2D eigenvalue weighted by Gasteiger charge is -2.16. The summed E-state index contributed by atoms with van der Waals surface area (Å²) in [5.41, 5.74) is 0.240. The molecule has 0 unspecified atom stereocenters. The molecule has 114 valence electrons. The van der Waals surface area contributed by atoms with E-state index in [9.17, 15) is 14.4 Å². The highest BCUT2D eigenvalue weighted by Crippen LogP contribution is 2.14. The lowest BCUT2D eigenvalue weighted by Crippen LogP contribution is -2.41. The van der Waals surface area contributed by atoms with Crippen LogP contribution in [0.5, 0.6) is 5.75 Å². The topological polar surface area (TPSA) is 92.7 Å². The lowest BCUT2D eigenvalue weighted by molar-refractivity contribution is -0.139. The fraction of sp³-hybridized carbons (Fsp3) is 0.400. The summed E-state index contributed by atoms with van der Waals surface area (Å²) < 4.78 is 4.89. The van der Waals surface area contributed by atoms with Gasteiger partial charge in [0, 0.05) is 12.5 Å². The van der Waals surface area contributed by atoms with E-state index in [1.54, 1.807) is 12.1 Å². The Kier molecular flexibility index (Phi) is 5.90. The van der Waals surface area contributed by atoms with Crippen molar-refractivity contribution in [2.75, 3.05) is 0 Å². The summed E-state index contributed by atoms with van der Waals surface area (Å²) in [4.78, 5) is 34.1. The molecule has 0 aromatic heterocycles. The molecule has 6 heteroatoms. The van der Waals surface area contributed by atoms with Crippen molar-refractivity contribution in [1.82, 2.24) is 5.32 Å². The second-order valence-corrected chi connectivity index (χ2v) is 5.12. The largest absolute Gasteiger partial charge is 0.480 e. The van der Waals surface area contributed by atoms with Gasteiger partial charge in [-0.15, -0.1) is 0 Å². The molecule has 0 bridgehead atoms. The van der Waals surface area contributed by atoms with Gasteiger partial charge in [-0.1, -0.05) is 19.9 Å². The van der Waals surface area contributed by atoms with Crippen molar-refractivity contribution in [2.24, 2.45) is 5.92 Å². The van der Waals surface area contributed by atoms with Crippen LogP contribution in [0.4, 0.5) is 0 Å². The molecule has 0 aliphatic heterocycles. The predicted molar refractivity (Wildman–Crippen MR) is 76.1 cm³/mol. The minimum atomic E-state index is -1.08. The average Bonchev–Trinajstić information content (AvgIpc) is 2.36. The highest BCUT2D eigenvalue weighted by atomic mass is 16.5. The van der Waals surface area contributed by atoms with E-state index in [2.05, 4.69) is 5.32 Å². The van der Waals surface area contributed by atoms with E-state index >= 15 is 0 Å². The van der Waals surface area contributed by atoms with Crippen LogP contribution in [0.25, 0.3) is 0 Å². The summed E-state index contributed by atoms with van der Waals surface area (Å²) in [6, 6.07) is 5.07. The monoisotopic (exact) mass is 293 g/mol. The Labute approximate surface area is 123 Å². The van der Waals surface area contributed by atoms with Crippen LogP contribution in [0.2, 0.25) is 0 Å². The van der Waals surface area contributed by atoms with Gasteiger partial charge in [0.15, 0.2) is 0 Å². The number of hydrogen-bond acceptors (Lipinski definition) is 4. The number of carbonyl (C=O) groups excluding carboxylic acids is 2. The van der Waals surface area contributed by atoms with Crippen molar-refractivity contribution in [3.8, 4) is 5.75 Å². The highest BCUT2D eigenvalue weighted by Gasteiger charge is 2.21. The van der Waals surface area contributed by atoms with E-state index < -0.39 is 23.9 Å². The van der Waals surface area contributed by atoms with E-state index in [1.165, 1.54) is 19.1 Å². The van der Waals surface area contributed by atoms with Gasteiger partial charge in [-0.25, -0.2) is 4.79 Å². The summed E-state index contributed by atoms with van der Waals surface area (Å²) in [6.07, 6.45) is 0.338. The second kappa shape index (κ2) is 7.42. The first-order valence-corrected chi connectivity index (χ1v) is 6.61. The minimum Gasteiger partial charge on any atom is -0.480 e. The Morgan fingerprint density at radius 3 is 2.48 bits per heavy atom. The maximum absolute atomic E-state index is 12.1. The summed E-state index contributed by atoms with van der Waals surface area (Å²) in [6.45, 7) is 5.02. The van der Waals surface area contributed by atoms with Crippen LogP contribution in [0.3, 0.4) is 0 Å². The van der Waals surface area contributed by atoms with Gasteiger partial charge in [0.25, 0.3) is 5.91 Å². The molecule has 1 amide bonds. The van der Waals surface area contributed by atoms with E-state index in [4.69, 9.17) is 9.84 Å². The summed E-state index contributed by atoms with van der Waals surface area (Å²) >= 11 is 0. The maximum atomic E-state index is 12.1. The fourth-order valence-corrected chi connectivity index (χ4v) is 1.80. The van der Waals surface area contributed by atoms with Crippen molar-refractivity contribution in [3.63, 3.8) is 0 Å². The van der Waals surface area contributed by atoms with Crippen LogP contribution in [0.15, 0.2) is 24.3 Å². The smallest absolute Gasteiger partial charge is 0.326 e. The van der Waals surface area contributed by atoms with Gasteiger partial charge in [0.2, 0.25) is 0 Å². The Hall–Kier alpha value is -2.37. The Morgan fingerprint density at radius 1 is 1.29 bits per heavy atom. The first kappa shape index (κ1) is 16.7. The zero-order valence-electron chi connectivity index (χ0n) is 12.3. The van der Waals surface area contributed by atoms with Crippen LogP contribution in [-0.2, 0) is 9.59 Å². The Morgan fingerprint density at radius 2 is 1.95 bits per heavy atom. The molecule has 1 aromatic rings. The zero-order chi connectivity index (χ0) is 16.0. The van der Waals surface area contributed by atoms with E-state index in [-0.39, 0.29) is 17.2 Å². The molecule has 0 heterocycles. The van der Waals surface area contributed by atoms with Gasteiger partial charge >= 0.3 is 11.9 Å². The number of hydrogen-bond donors (Lipinski definition) is 2. The number of amides is 1. The van der Waals surface area contributed by atoms with Crippen molar-refractivity contribution in [1.29, 1.82) is 0 Å². The first-order valence-electron chi connectivity index (χ1n) is 6.61. The van der Waals surface area contributed by atoms with Crippen molar-refractivity contribution in [3.05, 3.63) is 29.8 Å². The molecule has 1 atom stereocenters. The standard InChI is InChI=1S/C15H19NO5/c1-9(2)7-13(15(19)20)16-14(18)11-5-4-6-12(8-11)21-10(3)17/h4-6,8-9,13H,7H2,1-3H3,(H,16,18)(H,19,20)/t13-/m1/s1. The van der Waals surface area contributed by atoms with Crippen LogP contribution in [0, 0.1) is 5.92 Å². The number of carbonyl (C=O) groups is 3. The molecule has 6 nitrogen and oxygen atoms in total. The quantitative estimate of drug-likeness (QED) is 0.616. The lowest BCUT2D eigenvalue weighted by atomic mass is 10.0. The molecule has 0 saturated heterocycles. The minimum absolute atomic E-state index is 0.138. The molecule has 0 radical (unpaired) electrons. The molecule has 1 rings (SSSR count). The number of carboxylic acids is 1. The molecule has 0 saturated carbocycles. The third-order valence-electron chi connectivity index (χ3n) is 2.67. The number of esters is 1.